The summed E-state index contributed by atoms with van der Waals surface area (Å²) in [5, 5.41) is 5.96. The highest BCUT2D eigenvalue weighted by molar-refractivity contribution is 5.84. The Bertz CT molecular complexity index is 500. The molecule has 0 saturated heterocycles. The minimum Gasteiger partial charge on any atom is -0.380 e. The maximum Gasteiger partial charge on any atom is 0.0739 e. The zero-order valence-electron chi connectivity index (χ0n) is 11.7. The van der Waals surface area contributed by atoms with E-state index in [4.69, 9.17) is 4.74 Å². The number of pyridine rings is 1. The zero-order valence-corrected chi connectivity index (χ0v) is 11.7. The third kappa shape index (κ3) is 3.52. The molecule has 0 fully saturated rings. The lowest BCUT2D eigenvalue weighted by molar-refractivity contribution is 0.122. The number of ether oxygens (including phenoxy) is 1. The molecule has 1 aromatic heterocycles. The van der Waals surface area contributed by atoms with Crippen LogP contribution in [0.1, 0.15) is 32.0 Å². The van der Waals surface area contributed by atoms with Crippen molar-refractivity contribution in [2.45, 2.75) is 26.3 Å². The van der Waals surface area contributed by atoms with Gasteiger partial charge in [0.05, 0.1) is 18.3 Å². The van der Waals surface area contributed by atoms with Crippen molar-refractivity contribution in [2.75, 3.05) is 19.8 Å². The molecule has 0 radical (unpaired) electrons. The second-order valence-corrected chi connectivity index (χ2v) is 4.58. The van der Waals surface area contributed by atoms with Crippen LogP contribution in [0.15, 0.2) is 36.5 Å². The summed E-state index contributed by atoms with van der Waals surface area (Å²) >= 11 is 0. The predicted octanol–water partition coefficient (Wildman–Crippen LogP) is 3.31. The highest BCUT2D eigenvalue weighted by Crippen LogP contribution is 2.22. The Balaban J connectivity index is 2.31. The molecule has 1 N–H and O–H groups in total. The van der Waals surface area contributed by atoms with E-state index in [2.05, 4.69) is 47.6 Å². The molecule has 1 aromatic carbocycles. The molecular formula is C16H22N2O. The molecule has 0 saturated carbocycles. The molecule has 0 bridgehead atoms. The first kappa shape index (κ1) is 14.0. The van der Waals surface area contributed by atoms with Gasteiger partial charge in [0.15, 0.2) is 0 Å². The lowest BCUT2D eigenvalue weighted by Gasteiger charge is -2.19. The number of nitrogens with one attached hydrogen (secondary N) is 1. The minimum absolute atomic E-state index is 0.158. The second kappa shape index (κ2) is 7.22. The standard InChI is InChI=1S/C16H22N2O/c1-3-10-17-15(12-19-4-2)16-14-8-6-5-7-13(14)9-11-18-16/h5-9,11,15,17H,3-4,10,12H2,1-2H3. The summed E-state index contributed by atoms with van der Waals surface area (Å²) in [6.45, 7) is 6.56. The lowest BCUT2D eigenvalue weighted by Crippen LogP contribution is -2.27. The third-order valence-corrected chi connectivity index (χ3v) is 3.16. The van der Waals surface area contributed by atoms with Crippen molar-refractivity contribution in [1.82, 2.24) is 10.3 Å². The van der Waals surface area contributed by atoms with E-state index in [9.17, 15) is 0 Å². The van der Waals surface area contributed by atoms with E-state index in [0.717, 1.165) is 25.3 Å². The van der Waals surface area contributed by atoms with E-state index in [1.54, 1.807) is 0 Å². The Hall–Kier alpha value is -1.45. The van der Waals surface area contributed by atoms with Gasteiger partial charge in [0.2, 0.25) is 0 Å². The molecule has 1 unspecified atom stereocenters. The largest absolute Gasteiger partial charge is 0.380 e. The average Bonchev–Trinajstić information content (AvgIpc) is 2.47. The smallest absolute Gasteiger partial charge is 0.0739 e. The van der Waals surface area contributed by atoms with Gasteiger partial charge in [-0.25, -0.2) is 0 Å². The second-order valence-electron chi connectivity index (χ2n) is 4.58. The number of rotatable bonds is 7. The first-order valence-corrected chi connectivity index (χ1v) is 7.01. The fraction of sp³-hybridized carbons (Fsp3) is 0.438. The molecule has 2 rings (SSSR count). The summed E-state index contributed by atoms with van der Waals surface area (Å²) in [4.78, 5) is 4.57. The Morgan fingerprint density at radius 2 is 2.05 bits per heavy atom. The summed E-state index contributed by atoms with van der Waals surface area (Å²) in [7, 11) is 0. The van der Waals surface area contributed by atoms with E-state index in [-0.39, 0.29) is 6.04 Å². The molecule has 0 spiro atoms. The van der Waals surface area contributed by atoms with Gasteiger partial charge in [-0.15, -0.1) is 0 Å². The number of hydrogen-bond acceptors (Lipinski definition) is 3. The number of fused-ring (bicyclic) bond motifs is 1. The van der Waals surface area contributed by atoms with Gasteiger partial charge in [-0.2, -0.15) is 0 Å². The predicted molar refractivity (Wildman–Crippen MR) is 79.3 cm³/mol. The van der Waals surface area contributed by atoms with Gasteiger partial charge < -0.3 is 10.1 Å². The third-order valence-electron chi connectivity index (χ3n) is 3.16. The van der Waals surface area contributed by atoms with Gasteiger partial charge in [-0.3, -0.25) is 4.98 Å². The fourth-order valence-electron chi connectivity index (χ4n) is 2.21. The first-order valence-electron chi connectivity index (χ1n) is 7.01. The normalized spacial score (nSPS) is 12.7. The molecule has 19 heavy (non-hydrogen) atoms. The van der Waals surface area contributed by atoms with Crippen molar-refractivity contribution >= 4 is 10.8 Å². The van der Waals surface area contributed by atoms with Crippen LogP contribution in [0.5, 0.6) is 0 Å². The van der Waals surface area contributed by atoms with Crippen molar-refractivity contribution in [2.24, 2.45) is 0 Å². The molecule has 1 atom stereocenters. The van der Waals surface area contributed by atoms with Crippen LogP contribution in [0.3, 0.4) is 0 Å². The highest BCUT2D eigenvalue weighted by atomic mass is 16.5. The van der Waals surface area contributed by atoms with Crippen molar-refractivity contribution in [3.63, 3.8) is 0 Å². The monoisotopic (exact) mass is 258 g/mol. The topological polar surface area (TPSA) is 34.1 Å². The zero-order chi connectivity index (χ0) is 13.5. The van der Waals surface area contributed by atoms with E-state index < -0.39 is 0 Å². The van der Waals surface area contributed by atoms with Crippen LogP contribution in [0.2, 0.25) is 0 Å². The van der Waals surface area contributed by atoms with E-state index in [1.807, 2.05) is 13.1 Å². The number of benzene rings is 1. The van der Waals surface area contributed by atoms with Crippen molar-refractivity contribution < 1.29 is 4.74 Å². The van der Waals surface area contributed by atoms with Gasteiger partial charge in [0.25, 0.3) is 0 Å². The quantitative estimate of drug-likeness (QED) is 0.827. The van der Waals surface area contributed by atoms with E-state index >= 15 is 0 Å². The highest BCUT2D eigenvalue weighted by Gasteiger charge is 2.15. The lowest BCUT2D eigenvalue weighted by atomic mass is 10.1. The van der Waals surface area contributed by atoms with Crippen LogP contribution < -0.4 is 5.32 Å². The molecule has 3 nitrogen and oxygen atoms in total. The van der Waals surface area contributed by atoms with Crippen LogP contribution in [0, 0.1) is 0 Å². The summed E-state index contributed by atoms with van der Waals surface area (Å²) in [6.07, 6.45) is 2.98. The van der Waals surface area contributed by atoms with Gasteiger partial charge in [-0.1, -0.05) is 31.2 Å². The van der Waals surface area contributed by atoms with Crippen LogP contribution in [-0.2, 0) is 4.74 Å². The molecule has 0 aliphatic rings. The summed E-state index contributed by atoms with van der Waals surface area (Å²) in [6, 6.07) is 10.6. The number of nitrogens with zero attached hydrogens (tertiary/aromatic N) is 1. The van der Waals surface area contributed by atoms with E-state index in [0.29, 0.717) is 6.61 Å². The maximum absolute atomic E-state index is 5.59. The van der Waals surface area contributed by atoms with Crippen molar-refractivity contribution in [3.8, 4) is 0 Å². The molecule has 0 aliphatic carbocycles. The molecule has 1 heterocycles. The molecule has 0 amide bonds. The van der Waals surface area contributed by atoms with Crippen LogP contribution in [0.4, 0.5) is 0 Å². The van der Waals surface area contributed by atoms with Gasteiger partial charge in [-0.05, 0) is 31.3 Å². The van der Waals surface area contributed by atoms with Crippen LogP contribution in [-0.4, -0.2) is 24.7 Å². The molecule has 102 valence electrons. The minimum atomic E-state index is 0.158. The molecular weight excluding hydrogens is 236 g/mol. The van der Waals surface area contributed by atoms with Crippen LogP contribution >= 0.6 is 0 Å². The summed E-state index contributed by atoms with van der Waals surface area (Å²) in [5.41, 5.74) is 1.08. The van der Waals surface area contributed by atoms with Crippen molar-refractivity contribution in [3.05, 3.63) is 42.2 Å². The van der Waals surface area contributed by atoms with Crippen LogP contribution in [0.25, 0.3) is 10.8 Å². The summed E-state index contributed by atoms with van der Waals surface area (Å²) in [5.74, 6) is 0. The average molecular weight is 258 g/mol. The van der Waals surface area contributed by atoms with Gasteiger partial charge in [0, 0.05) is 18.2 Å². The number of aromatic nitrogens is 1. The fourth-order valence-corrected chi connectivity index (χ4v) is 2.21. The first-order chi connectivity index (χ1) is 9.36. The van der Waals surface area contributed by atoms with Crippen molar-refractivity contribution in [1.29, 1.82) is 0 Å². The Morgan fingerprint density at radius 3 is 2.84 bits per heavy atom. The summed E-state index contributed by atoms with van der Waals surface area (Å²) < 4.78 is 5.59. The maximum atomic E-state index is 5.59. The van der Waals surface area contributed by atoms with Gasteiger partial charge >= 0.3 is 0 Å². The molecule has 3 heteroatoms. The van der Waals surface area contributed by atoms with Gasteiger partial charge in [0.1, 0.15) is 0 Å². The van der Waals surface area contributed by atoms with E-state index in [1.165, 1.54) is 10.8 Å². The number of hydrogen-bond donors (Lipinski definition) is 1. The Kier molecular flexibility index (Phi) is 5.31. The Labute approximate surface area is 115 Å². The molecule has 0 aliphatic heterocycles. The Morgan fingerprint density at radius 1 is 1.21 bits per heavy atom. The molecule has 2 aromatic rings. The SMILES string of the molecule is CCCNC(COCC)c1nccc2ccccc12.